The Labute approximate surface area is 116 Å². The number of carbonyl (C=O) groups is 1. The molecule has 0 aromatic heterocycles. The molecule has 1 heterocycles. The standard InChI is InChI=1S/C14H18BrNO2/c15-8-4-1-5-9-16-10-11-18-13-7-3-2-6-12(13)14(16)17/h2-3,6-7H,1,4-5,8-11H2. The topological polar surface area (TPSA) is 29.5 Å². The van der Waals surface area contributed by atoms with Gasteiger partial charge >= 0.3 is 0 Å². The molecule has 0 fully saturated rings. The molecule has 98 valence electrons. The summed E-state index contributed by atoms with van der Waals surface area (Å²) in [7, 11) is 0. The van der Waals surface area contributed by atoms with E-state index in [1.54, 1.807) is 0 Å². The van der Waals surface area contributed by atoms with Gasteiger partial charge in [0.05, 0.1) is 12.1 Å². The molecule has 1 aliphatic heterocycles. The first-order valence-electron chi connectivity index (χ1n) is 6.40. The Kier molecular flexibility index (Phi) is 5.05. The van der Waals surface area contributed by atoms with Crippen molar-refractivity contribution in [1.82, 2.24) is 4.90 Å². The van der Waals surface area contributed by atoms with Crippen LogP contribution in [-0.4, -0.2) is 35.8 Å². The van der Waals surface area contributed by atoms with E-state index in [0.717, 1.165) is 31.1 Å². The highest BCUT2D eigenvalue weighted by atomic mass is 79.9. The minimum atomic E-state index is 0.0990. The highest BCUT2D eigenvalue weighted by Crippen LogP contribution is 2.22. The molecule has 3 nitrogen and oxygen atoms in total. The second-order valence-corrected chi connectivity index (χ2v) is 5.18. The number of rotatable bonds is 5. The Morgan fingerprint density at radius 3 is 2.89 bits per heavy atom. The molecule has 0 saturated carbocycles. The number of alkyl halides is 1. The van der Waals surface area contributed by atoms with Gasteiger partial charge in [0.15, 0.2) is 0 Å². The third kappa shape index (κ3) is 3.25. The van der Waals surface area contributed by atoms with Gasteiger partial charge in [0, 0.05) is 11.9 Å². The first kappa shape index (κ1) is 13.4. The summed E-state index contributed by atoms with van der Waals surface area (Å²) in [6, 6.07) is 7.49. The minimum Gasteiger partial charge on any atom is -0.491 e. The molecule has 0 unspecified atom stereocenters. The van der Waals surface area contributed by atoms with Gasteiger partial charge in [0.2, 0.25) is 0 Å². The second kappa shape index (κ2) is 6.78. The lowest BCUT2D eigenvalue weighted by atomic mass is 10.1. The van der Waals surface area contributed by atoms with Crippen LogP contribution in [0.15, 0.2) is 24.3 Å². The number of fused-ring (bicyclic) bond motifs is 1. The zero-order valence-electron chi connectivity index (χ0n) is 10.4. The number of hydrogen-bond donors (Lipinski definition) is 0. The fraction of sp³-hybridized carbons (Fsp3) is 0.500. The summed E-state index contributed by atoms with van der Waals surface area (Å²) in [5.41, 5.74) is 0.690. The van der Waals surface area contributed by atoms with Crippen molar-refractivity contribution in [3.63, 3.8) is 0 Å². The number of unbranched alkanes of at least 4 members (excludes halogenated alkanes) is 2. The van der Waals surface area contributed by atoms with Gasteiger partial charge in [-0.1, -0.05) is 34.5 Å². The van der Waals surface area contributed by atoms with Crippen LogP contribution in [0.5, 0.6) is 5.75 Å². The largest absolute Gasteiger partial charge is 0.491 e. The third-order valence-electron chi connectivity index (χ3n) is 3.09. The Bertz CT molecular complexity index is 409. The van der Waals surface area contributed by atoms with Crippen molar-refractivity contribution < 1.29 is 9.53 Å². The van der Waals surface area contributed by atoms with Crippen molar-refractivity contribution in [2.75, 3.05) is 25.0 Å². The van der Waals surface area contributed by atoms with Gasteiger partial charge in [0.1, 0.15) is 12.4 Å². The average molecular weight is 312 g/mol. The Hall–Kier alpha value is -1.03. The molecular formula is C14H18BrNO2. The molecule has 18 heavy (non-hydrogen) atoms. The van der Waals surface area contributed by atoms with Crippen LogP contribution >= 0.6 is 15.9 Å². The van der Waals surface area contributed by atoms with Gasteiger partial charge in [-0.25, -0.2) is 0 Å². The summed E-state index contributed by atoms with van der Waals surface area (Å²) < 4.78 is 5.61. The summed E-state index contributed by atoms with van der Waals surface area (Å²) in [4.78, 5) is 14.2. The number of benzene rings is 1. The highest BCUT2D eigenvalue weighted by molar-refractivity contribution is 9.09. The van der Waals surface area contributed by atoms with Crippen LogP contribution in [0.2, 0.25) is 0 Å². The first-order chi connectivity index (χ1) is 8.83. The van der Waals surface area contributed by atoms with E-state index in [4.69, 9.17) is 4.74 Å². The maximum atomic E-state index is 12.3. The molecule has 0 spiro atoms. The molecule has 1 aromatic carbocycles. The van der Waals surface area contributed by atoms with Gasteiger partial charge in [-0.15, -0.1) is 0 Å². The minimum absolute atomic E-state index is 0.0990. The number of ether oxygens (including phenoxy) is 1. The molecule has 0 atom stereocenters. The normalized spacial score (nSPS) is 14.9. The lowest BCUT2D eigenvalue weighted by molar-refractivity contribution is 0.0753. The van der Waals surface area contributed by atoms with E-state index in [0.29, 0.717) is 24.5 Å². The van der Waals surface area contributed by atoms with Gasteiger partial charge in [-0.2, -0.15) is 0 Å². The van der Waals surface area contributed by atoms with Crippen molar-refractivity contribution in [2.45, 2.75) is 19.3 Å². The van der Waals surface area contributed by atoms with Crippen LogP contribution in [0.3, 0.4) is 0 Å². The van der Waals surface area contributed by atoms with Crippen LogP contribution in [0.1, 0.15) is 29.6 Å². The quantitative estimate of drug-likeness (QED) is 0.618. The number of para-hydroxylation sites is 1. The molecular weight excluding hydrogens is 294 g/mol. The predicted octanol–water partition coefficient (Wildman–Crippen LogP) is 3.09. The number of halogens is 1. The molecule has 1 amide bonds. The SMILES string of the molecule is O=C1c2ccccc2OCCN1CCCCCBr. The van der Waals surface area contributed by atoms with Gasteiger partial charge in [-0.05, 0) is 25.0 Å². The number of hydrogen-bond acceptors (Lipinski definition) is 2. The van der Waals surface area contributed by atoms with Crippen LogP contribution in [0, 0.1) is 0 Å². The molecule has 2 rings (SSSR count). The lowest BCUT2D eigenvalue weighted by Gasteiger charge is -2.19. The van der Waals surface area contributed by atoms with E-state index < -0.39 is 0 Å². The summed E-state index contributed by atoms with van der Waals surface area (Å²) in [6.07, 6.45) is 3.37. The highest BCUT2D eigenvalue weighted by Gasteiger charge is 2.22. The molecule has 1 aromatic rings. The number of nitrogens with zero attached hydrogens (tertiary/aromatic N) is 1. The molecule has 0 aliphatic carbocycles. The second-order valence-electron chi connectivity index (χ2n) is 4.39. The van der Waals surface area contributed by atoms with Gasteiger partial charge < -0.3 is 9.64 Å². The third-order valence-corrected chi connectivity index (χ3v) is 3.65. The lowest BCUT2D eigenvalue weighted by Crippen LogP contribution is -2.33. The molecule has 0 N–H and O–H groups in total. The number of amides is 1. The summed E-state index contributed by atoms with van der Waals surface area (Å²) in [6.45, 7) is 2.09. The fourth-order valence-electron chi connectivity index (χ4n) is 2.09. The Balaban J connectivity index is 1.99. The van der Waals surface area contributed by atoms with Crippen LogP contribution in [0.25, 0.3) is 0 Å². The summed E-state index contributed by atoms with van der Waals surface area (Å²) in [5.74, 6) is 0.812. The maximum absolute atomic E-state index is 12.3. The van der Waals surface area contributed by atoms with Crippen LogP contribution in [-0.2, 0) is 0 Å². The molecule has 0 bridgehead atoms. The predicted molar refractivity (Wildman–Crippen MR) is 75.5 cm³/mol. The van der Waals surface area contributed by atoms with Crippen LogP contribution < -0.4 is 4.74 Å². The van der Waals surface area contributed by atoms with E-state index in [2.05, 4.69) is 15.9 Å². The van der Waals surface area contributed by atoms with E-state index in [1.165, 1.54) is 0 Å². The number of carbonyl (C=O) groups excluding carboxylic acids is 1. The molecule has 1 aliphatic rings. The molecule has 4 heteroatoms. The van der Waals surface area contributed by atoms with Crippen molar-refractivity contribution in [1.29, 1.82) is 0 Å². The van der Waals surface area contributed by atoms with E-state index in [9.17, 15) is 4.79 Å². The Morgan fingerprint density at radius 1 is 1.22 bits per heavy atom. The smallest absolute Gasteiger partial charge is 0.257 e. The fourth-order valence-corrected chi connectivity index (χ4v) is 2.49. The monoisotopic (exact) mass is 311 g/mol. The maximum Gasteiger partial charge on any atom is 0.257 e. The summed E-state index contributed by atoms with van der Waals surface area (Å²) in [5, 5.41) is 1.03. The van der Waals surface area contributed by atoms with Gasteiger partial charge in [0.25, 0.3) is 5.91 Å². The van der Waals surface area contributed by atoms with Crippen molar-refractivity contribution >= 4 is 21.8 Å². The van der Waals surface area contributed by atoms with E-state index >= 15 is 0 Å². The van der Waals surface area contributed by atoms with E-state index in [1.807, 2.05) is 29.2 Å². The van der Waals surface area contributed by atoms with Crippen molar-refractivity contribution in [3.05, 3.63) is 29.8 Å². The van der Waals surface area contributed by atoms with Crippen LogP contribution in [0.4, 0.5) is 0 Å². The molecule has 0 saturated heterocycles. The zero-order chi connectivity index (χ0) is 12.8. The van der Waals surface area contributed by atoms with Crippen molar-refractivity contribution in [3.8, 4) is 5.75 Å². The molecule has 0 radical (unpaired) electrons. The van der Waals surface area contributed by atoms with Gasteiger partial charge in [-0.3, -0.25) is 4.79 Å². The first-order valence-corrected chi connectivity index (χ1v) is 7.52. The Morgan fingerprint density at radius 2 is 2.06 bits per heavy atom. The van der Waals surface area contributed by atoms with E-state index in [-0.39, 0.29) is 5.91 Å². The summed E-state index contributed by atoms with van der Waals surface area (Å²) >= 11 is 3.42. The average Bonchev–Trinajstić information content (AvgIpc) is 2.56. The van der Waals surface area contributed by atoms with Crippen molar-refractivity contribution in [2.24, 2.45) is 0 Å². The zero-order valence-corrected chi connectivity index (χ0v) is 12.0.